The second-order valence-corrected chi connectivity index (χ2v) is 4.71. The number of rotatable bonds is 3. The Balaban J connectivity index is 1.73. The van der Waals surface area contributed by atoms with Crippen molar-refractivity contribution in [2.45, 2.75) is 6.92 Å². The minimum absolute atomic E-state index is 0.321. The Morgan fingerprint density at radius 2 is 2.00 bits per heavy atom. The molecule has 6 heteroatoms. The maximum Gasteiger partial charge on any atom is 0.289 e. The van der Waals surface area contributed by atoms with E-state index in [4.69, 9.17) is 9.47 Å². The first-order valence-electron chi connectivity index (χ1n) is 6.90. The molecule has 0 radical (unpaired) electrons. The molecule has 112 valence electrons. The maximum atomic E-state index is 11.9. The summed E-state index contributed by atoms with van der Waals surface area (Å²) in [5.74, 6) is 1.06. The number of benzene rings is 1. The van der Waals surface area contributed by atoms with E-state index in [1.165, 1.54) is 0 Å². The van der Waals surface area contributed by atoms with E-state index in [2.05, 4.69) is 15.5 Å². The van der Waals surface area contributed by atoms with E-state index in [9.17, 15) is 4.79 Å². The molecule has 2 aromatic rings. The van der Waals surface area contributed by atoms with Crippen LogP contribution in [0.2, 0.25) is 0 Å². The van der Waals surface area contributed by atoms with Gasteiger partial charge in [0.1, 0.15) is 18.9 Å². The highest BCUT2D eigenvalue weighted by Crippen LogP contribution is 2.30. The van der Waals surface area contributed by atoms with Gasteiger partial charge in [0.2, 0.25) is 0 Å². The van der Waals surface area contributed by atoms with E-state index < -0.39 is 0 Å². The fraction of sp³-hybridized carbons (Fsp3) is 0.188. The number of ether oxygens (including phenoxy) is 2. The van der Waals surface area contributed by atoms with Gasteiger partial charge in [0.25, 0.3) is 5.91 Å². The molecule has 22 heavy (non-hydrogen) atoms. The molecule has 0 aliphatic carbocycles. The summed E-state index contributed by atoms with van der Waals surface area (Å²) in [6.45, 7) is 2.90. The van der Waals surface area contributed by atoms with Crippen molar-refractivity contribution in [3.8, 4) is 11.5 Å². The van der Waals surface area contributed by atoms with Gasteiger partial charge in [0, 0.05) is 11.8 Å². The summed E-state index contributed by atoms with van der Waals surface area (Å²) < 4.78 is 11.0. The van der Waals surface area contributed by atoms with Gasteiger partial charge < -0.3 is 9.47 Å². The lowest BCUT2D eigenvalue weighted by Gasteiger charge is -2.18. The Labute approximate surface area is 127 Å². The Kier molecular flexibility index (Phi) is 4.00. The summed E-state index contributed by atoms with van der Waals surface area (Å²) in [5, 5.41) is 4.10. The molecule has 1 aliphatic rings. The molecule has 0 saturated heterocycles. The van der Waals surface area contributed by atoms with Crippen molar-refractivity contribution in [3.63, 3.8) is 0 Å². The number of carbonyl (C=O) groups is 1. The lowest BCUT2D eigenvalue weighted by atomic mass is 10.1. The first-order valence-corrected chi connectivity index (χ1v) is 6.90. The van der Waals surface area contributed by atoms with Crippen LogP contribution in [0.4, 0.5) is 0 Å². The SMILES string of the molecule is C/C(=N\NC(=O)c1ccccn1)c1ccc2c(c1)OCCO2. The number of hydrazone groups is 1. The first-order chi connectivity index (χ1) is 10.7. The van der Waals surface area contributed by atoms with Gasteiger partial charge in [-0.15, -0.1) is 0 Å². The normalized spacial score (nSPS) is 13.6. The van der Waals surface area contributed by atoms with Gasteiger partial charge in [-0.1, -0.05) is 6.07 Å². The lowest BCUT2D eigenvalue weighted by molar-refractivity contribution is 0.0950. The monoisotopic (exact) mass is 297 g/mol. The topological polar surface area (TPSA) is 72.8 Å². The largest absolute Gasteiger partial charge is 0.486 e. The predicted molar refractivity (Wildman–Crippen MR) is 81.3 cm³/mol. The van der Waals surface area contributed by atoms with Gasteiger partial charge in [-0.3, -0.25) is 9.78 Å². The number of hydrogen-bond acceptors (Lipinski definition) is 5. The van der Waals surface area contributed by atoms with Gasteiger partial charge in [-0.2, -0.15) is 5.10 Å². The molecule has 0 fully saturated rings. The van der Waals surface area contributed by atoms with Gasteiger partial charge >= 0.3 is 0 Å². The second-order valence-electron chi connectivity index (χ2n) is 4.71. The van der Waals surface area contributed by atoms with Crippen LogP contribution in [0.1, 0.15) is 23.0 Å². The van der Waals surface area contributed by atoms with Crippen molar-refractivity contribution < 1.29 is 14.3 Å². The quantitative estimate of drug-likeness (QED) is 0.695. The Morgan fingerprint density at radius 3 is 2.77 bits per heavy atom. The van der Waals surface area contributed by atoms with Crippen LogP contribution in [0.3, 0.4) is 0 Å². The summed E-state index contributed by atoms with van der Waals surface area (Å²) in [5.41, 5.74) is 4.33. The van der Waals surface area contributed by atoms with Crippen molar-refractivity contribution in [2.24, 2.45) is 5.10 Å². The molecule has 1 aromatic heterocycles. The zero-order valence-electron chi connectivity index (χ0n) is 12.1. The molecular formula is C16H15N3O3. The van der Waals surface area contributed by atoms with E-state index in [0.717, 1.165) is 11.3 Å². The zero-order chi connectivity index (χ0) is 15.4. The van der Waals surface area contributed by atoms with Crippen LogP contribution in [-0.4, -0.2) is 29.8 Å². The van der Waals surface area contributed by atoms with Crippen LogP contribution in [0, 0.1) is 0 Å². The van der Waals surface area contributed by atoms with Crippen LogP contribution >= 0.6 is 0 Å². The summed E-state index contributed by atoms with van der Waals surface area (Å²) in [7, 11) is 0. The van der Waals surface area contributed by atoms with Crippen LogP contribution in [0.15, 0.2) is 47.7 Å². The maximum absolute atomic E-state index is 11.9. The number of fused-ring (bicyclic) bond motifs is 1. The minimum Gasteiger partial charge on any atom is -0.486 e. The molecule has 0 atom stereocenters. The first kappa shape index (κ1) is 14.1. The minimum atomic E-state index is -0.350. The molecule has 2 heterocycles. The third kappa shape index (κ3) is 3.06. The zero-order valence-corrected chi connectivity index (χ0v) is 12.1. The van der Waals surface area contributed by atoms with Gasteiger partial charge in [-0.25, -0.2) is 5.43 Å². The van der Waals surface area contributed by atoms with Crippen molar-refractivity contribution in [2.75, 3.05) is 13.2 Å². The Bertz CT molecular complexity index is 714. The van der Waals surface area contributed by atoms with Crippen LogP contribution in [0.25, 0.3) is 0 Å². The third-order valence-electron chi connectivity index (χ3n) is 3.18. The van der Waals surface area contributed by atoms with E-state index in [0.29, 0.717) is 30.4 Å². The fourth-order valence-electron chi connectivity index (χ4n) is 2.02. The van der Waals surface area contributed by atoms with Crippen molar-refractivity contribution in [3.05, 3.63) is 53.9 Å². The van der Waals surface area contributed by atoms with E-state index in [1.54, 1.807) is 24.4 Å². The van der Waals surface area contributed by atoms with Gasteiger partial charge in [0.15, 0.2) is 11.5 Å². The molecule has 3 rings (SSSR count). The fourth-order valence-corrected chi connectivity index (χ4v) is 2.02. The number of pyridine rings is 1. The van der Waals surface area contributed by atoms with Crippen molar-refractivity contribution in [1.29, 1.82) is 0 Å². The number of carbonyl (C=O) groups excluding carboxylic acids is 1. The molecule has 0 unspecified atom stereocenters. The Morgan fingerprint density at radius 1 is 1.18 bits per heavy atom. The van der Waals surface area contributed by atoms with Crippen molar-refractivity contribution >= 4 is 11.6 Å². The molecule has 1 N–H and O–H groups in total. The van der Waals surface area contributed by atoms with E-state index in [-0.39, 0.29) is 5.91 Å². The lowest BCUT2D eigenvalue weighted by Crippen LogP contribution is -2.20. The predicted octanol–water partition coefficient (Wildman–Crippen LogP) is 2.01. The molecule has 0 bridgehead atoms. The highest BCUT2D eigenvalue weighted by atomic mass is 16.6. The number of nitrogens with one attached hydrogen (secondary N) is 1. The Hall–Kier alpha value is -2.89. The molecule has 0 saturated carbocycles. The second kappa shape index (κ2) is 6.26. The number of amides is 1. The standard InChI is InChI=1S/C16H15N3O3/c1-11(18-19-16(20)13-4-2-3-7-17-13)12-5-6-14-15(10-12)22-9-8-21-14/h2-7,10H,8-9H2,1H3,(H,19,20)/b18-11+. The molecule has 1 amide bonds. The van der Waals surface area contributed by atoms with E-state index in [1.807, 2.05) is 25.1 Å². The summed E-state index contributed by atoms with van der Waals surface area (Å²) >= 11 is 0. The average Bonchev–Trinajstić information content (AvgIpc) is 2.59. The molecule has 0 spiro atoms. The molecule has 1 aromatic carbocycles. The van der Waals surface area contributed by atoms with Gasteiger partial charge in [-0.05, 0) is 37.3 Å². The number of hydrogen-bond donors (Lipinski definition) is 1. The van der Waals surface area contributed by atoms with Crippen LogP contribution in [-0.2, 0) is 0 Å². The summed E-state index contributed by atoms with van der Waals surface area (Å²) in [4.78, 5) is 15.9. The van der Waals surface area contributed by atoms with Crippen LogP contribution in [0.5, 0.6) is 11.5 Å². The third-order valence-corrected chi connectivity index (χ3v) is 3.18. The van der Waals surface area contributed by atoms with E-state index >= 15 is 0 Å². The molecule has 6 nitrogen and oxygen atoms in total. The molecular weight excluding hydrogens is 282 g/mol. The molecule has 1 aliphatic heterocycles. The average molecular weight is 297 g/mol. The van der Waals surface area contributed by atoms with Crippen LogP contribution < -0.4 is 14.9 Å². The smallest absolute Gasteiger partial charge is 0.289 e. The highest BCUT2D eigenvalue weighted by Gasteiger charge is 2.13. The number of aromatic nitrogens is 1. The summed E-state index contributed by atoms with van der Waals surface area (Å²) in [6, 6.07) is 10.7. The number of nitrogens with zero attached hydrogens (tertiary/aromatic N) is 2. The summed E-state index contributed by atoms with van der Waals surface area (Å²) in [6.07, 6.45) is 1.56. The highest BCUT2D eigenvalue weighted by molar-refractivity contribution is 6.00. The van der Waals surface area contributed by atoms with Gasteiger partial charge in [0.05, 0.1) is 5.71 Å². The van der Waals surface area contributed by atoms with Crippen molar-refractivity contribution in [1.82, 2.24) is 10.4 Å².